The maximum Gasteiger partial charge on any atom is 0.239 e. The van der Waals surface area contributed by atoms with Crippen LogP contribution in [0.25, 0.3) is 0 Å². The van der Waals surface area contributed by atoms with Gasteiger partial charge in [-0.05, 0) is 6.42 Å². The molecule has 0 bridgehead atoms. The number of hydrogen-bond donors (Lipinski definition) is 0. The minimum absolute atomic E-state index is 0.563. The Labute approximate surface area is 52.9 Å². The van der Waals surface area contributed by atoms with E-state index >= 15 is 0 Å². The van der Waals surface area contributed by atoms with Gasteiger partial charge in [0, 0.05) is 5.03 Å². The van der Waals surface area contributed by atoms with E-state index in [1.807, 2.05) is 6.92 Å². The minimum Gasteiger partial charge on any atom is -0.211 e. The van der Waals surface area contributed by atoms with Crippen molar-refractivity contribution >= 4 is 17.7 Å². The molecule has 0 aromatic carbocycles. The van der Waals surface area contributed by atoms with Crippen LogP contribution in [0.4, 0.5) is 0 Å². The Morgan fingerprint density at radius 1 is 2.00 bits per heavy atom. The summed E-state index contributed by atoms with van der Waals surface area (Å²) in [6.07, 6.45) is 3.33. The summed E-state index contributed by atoms with van der Waals surface area (Å²) >= 11 is 5.43. The first-order valence-corrected chi connectivity index (χ1v) is 2.60. The molecular weight excluding hydrogens is 126 g/mol. The molecule has 3 heteroatoms. The Morgan fingerprint density at radius 3 is 3.00 bits per heavy atom. The van der Waals surface area contributed by atoms with Gasteiger partial charge in [0.1, 0.15) is 0 Å². The molecule has 0 spiro atoms. The van der Waals surface area contributed by atoms with E-state index in [0.29, 0.717) is 11.5 Å². The average molecular weight is 132 g/mol. The lowest BCUT2D eigenvalue weighted by molar-refractivity contribution is 0.565. The van der Waals surface area contributed by atoms with Crippen LogP contribution in [0.15, 0.2) is 16.2 Å². The number of allylic oxidation sites excluding steroid dienone is 1. The van der Waals surface area contributed by atoms with Crippen LogP contribution in [0, 0.1) is 0 Å². The van der Waals surface area contributed by atoms with Gasteiger partial charge < -0.3 is 0 Å². The van der Waals surface area contributed by atoms with Crippen molar-refractivity contribution in [3.05, 3.63) is 11.2 Å². The third-order valence-electron chi connectivity index (χ3n) is 0.595. The molecule has 0 amide bonds. The fourth-order valence-electron chi connectivity index (χ4n) is 0.188. The summed E-state index contributed by atoms with van der Waals surface area (Å²) in [5.41, 5.74) is 0. The molecule has 0 aliphatic carbocycles. The van der Waals surface area contributed by atoms with E-state index in [9.17, 15) is 4.79 Å². The topological polar surface area (TPSA) is 29.4 Å². The average Bonchev–Trinajstić information content (AvgIpc) is 1.83. The van der Waals surface area contributed by atoms with Gasteiger partial charge in [0.2, 0.25) is 6.08 Å². The van der Waals surface area contributed by atoms with Crippen molar-refractivity contribution in [2.24, 2.45) is 4.99 Å². The van der Waals surface area contributed by atoms with E-state index in [0.717, 1.165) is 0 Å². The highest BCUT2D eigenvalue weighted by Gasteiger charge is 1.80. The molecule has 2 nitrogen and oxygen atoms in total. The lowest BCUT2D eigenvalue weighted by Gasteiger charge is -1.81. The fraction of sp³-hybridized carbons (Fsp3) is 0.400. The molecule has 0 unspecified atom stereocenters. The molecule has 0 aliphatic rings. The summed E-state index contributed by atoms with van der Waals surface area (Å²) < 4.78 is 0. The Morgan fingerprint density at radius 2 is 2.62 bits per heavy atom. The van der Waals surface area contributed by atoms with Crippen molar-refractivity contribution in [1.82, 2.24) is 0 Å². The fourth-order valence-corrected chi connectivity index (χ4v) is 0.236. The zero-order valence-electron chi connectivity index (χ0n) is 4.52. The van der Waals surface area contributed by atoms with Crippen LogP contribution in [-0.4, -0.2) is 6.08 Å². The molecule has 0 saturated heterocycles. The summed E-state index contributed by atoms with van der Waals surface area (Å²) in [4.78, 5) is 12.6. The molecule has 0 aromatic rings. The Kier molecular flexibility index (Phi) is 4.23. The highest BCUT2D eigenvalue weighted by Crippen LogP contribution is 2.04. The van der Waals surface area contributed by atoms with Crippen molar-refractivity contribution in [2.45, 2.75) is 13.3 Å². The summed E-state index contributed by atoms with van der Waals surface area (Å²) in [6.45, 7) is 1.87. The lowest BCUT2D eigenvalue weighted by Crippen LogP contribution is -1.62. The molecule has 0 N–H and O–H groups in total. The SMILES string of the molecule is CCC(Cl)=CN=C=O. The van der Waals surface area contributed by atoms with Gasteiger partial charge >= 0.3 is 0 Å². The van der Waals surface area contributed by atoms with Gasteiger partial charge in [0.25, 0.3) is 0 Å². The molecular formula is C5H6ClNO. The number of hydrogen-bond acceptors (Lipinski definition) is 2. The maximum absolute atomic E-state index is 9.43. The molecule has 0 saturated carbocycles. The third kappa shape index (κ3) is 3.59. The van der Waals surface area contributed by atoms with Crippen molar-refractivity contribution in [3.63, 3.8) is 0 Å². The Hall–Kier alpha value is -0.590. The van der Waals surface area contributed by atoms with Crippen molar-refractivity contribution in [3.8, 4) is 0 Å². The summed E-state index contributed by atoms with van der Waals surface area (Å²) in [7, 11) is 0. The highest BCUT2D eigenvalue weighted by atomic mass is 35.5. The zero-order valence-corrected chi connectivity index (χ0v) is 5.27. The molecule has 0 rings (SSSR count). The number of isocyanates is 1. The van der Waals surface area contributed by atoms with Gasteiger partial charge in [-0.3, -0.25) is 0 Å². The van der Waals surface area contributed by atoms with Gasteiger partial charge in [0.15, 0.2) is 0 Å². The number of nitrogens with zero attached hydrogens (tertiary/aromatic N) is 1. The predicted octanol–water partition coefficient (Wildman–Crippen LogP) is 1.81. The van der Waals surface area contributed by atoms with Crippen LogP contribution in [0.3, 0.4) is 0 Å². The highest BCUT2D eigenvalue weighted by molar-refractivity contribution is 6.29. The predicted molar refractivity (Wildman–Crippen MR) is 32.3 cm³/mol. The lowest BCUT2D eigenvalue weighted by atomic mass is 10.5. The second-order valence-electron chi connectivity index (χ2n) is 1.15. The third-order valence-corrected chi connectivity index (χ3v) is 0.960. The van der Waals surface area contributed by atoms with Gasteiger partial charge in [0.05, 0.1) is 6.20 Å². The van der Waals surface area contributed by atoms with Crippen LogP contribution >= 0.6 is 11.6 Å². The van der Waals surface area contributed by atoms with Crippen LogP contribution in [0.2, 0.25) is 0 Å². The van der Waals surface area contributed by atoms with Gasteiger partial charge in [-0.1, -0.05) is 18.5 Å². The van der Waals surface area contributed by atoms with Crippen molar-refractivity contribution in [2.75, 3.05) is 0 Å². The van der Waals surface area contributed by atoms with E-state index in [2.05, 4.69) is 4.99 Å². The maximum atomic E-state index is 9.43. The Balaban J connectivity index is 3.74. The van der Waals surface area contributed by atoms with Gasteiger partial charge in [-0.15, -0.1) is 0 Å². The first-order chi connectivity index (χ1) is 3.81. The quantitative estimate of drug-likeness (QED) is 0.415. The summed E-state index contributed by atoms with van der Waals surface area (Å²) in [5, 5.41) is 0.563. The Bertz CT molecular complexity index is 135. The second-order valence-corrected chi connectivity index (χ2v) is 1.64. The van der Waals surface area contributed by atoms with Crippen LogP contribution in [0.5, 0.6) is 0 Å². The van der Waals surface area contributed by atoms with E-state index in [1.54, 1.807) is 0 Å². The normalized spacial score (nSPS) is 10.5. The monoisotopic (exact) mass is 131 g/mol. The summed E-state index contributed by atoms with van der Waals surface area (Å²) in [5.74, 6) is 0. The number of carbonyl (C=O) groups excluding carboxylic acids is 1. The standard InChI is InChI=1S/C5H6ClNO/c1-2-5(6)3-7-4-8/h3H,2H2,1H3. The number of halogens is 1. The molecule has 44 valence electrons. The van der Waals surface area contributed by atoms with Crippen LogP contribution in [-0.2, 0) is 4.79 Å². The van der Waals surface area contributed by atoms with E-state index in [4.69, 9.17) is 11.6 Å². The van der Waals surface area contributed by atoms with Crippen LogP contribution < -0.4 is 0 Å². The van der Waals surface area contributed by atoms with E-state index in [-0.39, 0.29) is 0 Å². The number of aliphatic imine (C=N–C) groups is 1. The molecule has 0 aliphatic heterocycles. The van der Waals surface area contributed by atoms with Gasteiger partial charge in [-0.25, -0.2) is 4.79 Å². The molecule has 0 atom stereocenters. The number of rotatable bonds is 2. The van der Waals surface area contributed by atoms with Crippen LogP contribution in [0.1, 0.15) is 13.3 Å². The molecule has 0 heterocycles. The molecule has 0 fully saturated rings. The smallest absolute Gasteiger partial charge is 0.211 e. The van der Waals surface area contributed by atoms with Crippen molar-refractivity contribution in [1.29, 1.82) is 0 Å². The summed E-state index contributed by atoms with van der Waals surface area (Å²) in [6, 6.07) is 0. The van der Waals surface area contributed by atoms with Crippen molar-refractivity contribution < 1.29 is 4.79 Å². The molecule has 8 heavy (non-hydrogen) atoms. The molecule has 0 aromatic heterocycles. The van der Waals surface area contributed by atoms with E-state index in [1.165, 1.54) is 12.3 Å². The first-order valence-electron chi connectivity index (χ1n) is 2.22. The largest absolute Gasteiger partial charge is 0.239 e. The van der Waals surface area contributed by atoms with E-state index < -0.39 is 0 Å². The second kappa shape index (κ2) is 4.57. The molecule has 0 radical (unpaired) electrons. The first kappa shape index (κ1) is 7.41. The minimum atomic E-state index is 0.563. The van der Waals surface area contributed by atoms with Gasteiger partial charge in [-0.2, -0.15) is 4.99 Å². The zero-order chi connectivity index (χ0) is 6.41.